The first-order valence-electron chi connectivity index (χ1n) is 10.6. The molecule has 1 aliphatic rings. The number of aryl methyl sites for hydroxylation is 3. The zero-order chi connectivity index (χ0) is 21.4. The third-order valence-corrected chi connectivity index (χ3v) is 6.98. The molecule has 0 unspecified atom stereocenters. The van der Waals surface area contributed by atoms with Crippen LogP contribution >= 0.6 is 11.3 Å². The molecule has 0 aromatic carbocycles. The number of hydrogen-bond donors (Lipinski definition) is 1. The molecule has 1 N–H and O–H groups in total. The van der Waals surface area contributed by atoms with Crippen molar-refractivity contribution >= 4 is 22.8 Å². The minimum atomic E-state index is 0.555. The van der Waals surface area contributed by atoms with Crippen LogP contribution in [0.15, 0.2) is 36.7 Å². The molecule has 0 spiro atoms. The van der Waals surface area contributed by atoms with Gasteiger partial charge in [0.15, 0.2) is 5.65 Å². The summed E-state index contributed by atoms with van der Waals surface area (Å²) in [5.41, 5.74) is 4.23. The second-order valence-electron chi connectivity index (χ2n) is 8.09. The van der Waals surface area contributed by atoms with Gasteiger partial charge in [-0.25, -0.2) is 9.97 Å². The predicted molar refractivity (Wildman–Crippen MR) is 122 cm³/mol. The maximum Gasteiger partial charge on any atom is 0.157 e. The van der Waals surface area contributed by atoms with Crippen molar-refractivity contribution in [3.63, 3.8) is 0 Å². The smallest absolute Gasteiger partial charge is 0.157 e. The largest absolute Gasteiger partial charge is 0.495 e. The number of pyridine rings is 1. The highest BCUT2D eigenvalue weighted by atomic mass is 32.1. The molecule has 8 heteroatoms. The molecule has 4 heterocycles. The topological polar surface area (TPSA) is 77.2 Å². The Balaban J connectivity index is 1.25. The number of anilines is 1. The number of methoxy groups -OCH3 is 1. The Hall–Kier alpha value is -3.00. The molecular weight excluding hydrogens is 408 g/mol. The van der Waals surface area contributed by atoms with E-state index in [1.54, 1.807) is 24.6 Å². The summed E-state index contributed by atoms with van der Waals surface area (Å²) in [5, 5.41) is 9.07. The van der Waals surface area contributed by atoms with Gasteiger partial charge in [-0.15, -0.1) is 11.3 Å². The fourth-order valence-corrected chi connectivity index (χ4v) is 5.00. The molecule has 2 atom stereocenters. The van der Waals surface area contributed by atoms with E-state index in [9.17, 15) is 0 Å². The molecule has 0 saturated heterocycles. The van der Waals surface area contributed by atoms with Crippen LogP contribution in [0.5, 0.6) is 5.75 Å². The third kappa shape index (κ3) is 4.25. The fourth-order valence-electron chi connectivity index (χ4n) is 4.12. The lowest BCUT2D eigenvalue weighted by molar-refractivity contribution is 0.412. The second-order valence-corrected chi connectivity index (χ2v) is 9.38. The molecule has 1 fully saturated rings. The summed E-state index contributed by atoms with van der Waals surface area (Å²) in [5.74, 6) is 3.00. The normalized spacial score (nSPS) is 17.8. The van der Waals surface area contributed by atoms with Crippen molar-refractivity contribution in [2.45, 2.75) is 45.6 Å². The van der Waals surface area contributed by atoms with Crippen LogP contribution in [0.3, 0.4) is 0 Å². The lowest BCUT2D eigenvalue weighted by Crippen LogP contribution is -2.07. The van der Waals surface area contributed by atoms with Crippen LogP contribution in [0.25, 0.3) is 5.65 Å². The Bertz CT molecular complexity index is 1200. The Morgan fingerprint density at radius 1 is 1.23 bits per heavy atom. The molecule has 1 aliphatic carbocycles. The SMILES string of the molecule is COc1ccc([C@H]2C[C@@H]2CCc2cc(NCc3sc(C)nc3C)n3nccc3n2)nc1. The molecule has 1 saturated carbocycles. The predicted octanol–water partition coefficient (Wildman–Crippen LogP) is 4.55. The monoisotopic (exact) mass is 434 g/mol. The van der Waals surface area contributed by atoms with Crippen LogP contribution in [-0.2, 0) is 13.0 Å². The minimum absolute atomic E-state index is 0.555. The summed E-state index contributed by atoms with van der Waals surface area (Å²) in [6.45, 7) is 4.85. The maximum absolute atomic E-state index is 5.21. The number of rotatable bonds is 8. The van der Waals surface area contributed by atoms with E-state index in [1.807, 2.05) is 29.8 Å². The molecule has 160 valence electrons. The van der Waals surface area contributed by atoms with Crippen LogP contribution in [0.2, 0.25) is 0 Å². The molecular formula is C23H26N6OS. The van der Waals surface area contributed by atoms with E-state index in [2.05, 4.69) is 39.4 Å². The van der Waals surface area contributed by atoms with Crippen molar-refractivity contribution in [2.24, 2.45) is 5.92 Å². The molecule has 4 aromatic heterocycles. The van der Waals surface area contributed by atoms with Crippen LogP contribution in [0.1, 0.15) is 45.7 Å². The maximum atomic E-state index is 5.21. The van der Waals surface area contributed by atoms with Crippen molar-refractivity contribution in [1.29, 1.82) is 0 Å². The highest BCUT2D eigenvalue weighted by Gasteiger charge is 2.38. The van der Waals surface area contributed by atoms with E-state index in [0.29, 0.717) is 11.8 Å². The van der Waals surface area contributed by atoms with Crippen molar-refractivity contribution < 1.29 is 4.74 Å². The van der Waals surface area contributed by atoms with E-state index in [4.69, 9.17) is 9.72 Å². The first kappa shape index (κ1) is 19.9. The summed E-state index contributed by atoms with van der Waals surface area (Å²) >= 11 is 1.74. The highest BCUT2D eigenvalue weighted by Crippen LogP contribution is 2.49. The molecule has 31 heavy (non-hydrogen) atoms. The number of nitrogens with zero attached hydrogens (tertiary/aromatic N) is 5. The van der Waals surface area contributed by atoms with Crippen molar-refractivity contribution in [3.05, 3.63) is 63.6 Å². The summed E-state index contributed by atoms with van der Waals surface area (Å²) in [7, 11) is 1.67. The highest BCUT2D eigenvalue weighted by molar-refractivity contribution is 7.11. The number of aromatic nitrogens is 5. The molecule has 5 rings (SSSR count). The van der Waals surface area contributed by atoms with E-state index in [0.717, 1.165) is 53.0 Å². The molecule has 7 nitrogen and oxygen atoms in total. The lowest BCUT2D eigenvalue weighted by Gasteiger charge is -2.10. The number of thiazole rings is 1. The molecule has 0 aliphatic heterocycles. The van der Waals surface area contributed by atoms with Crippen LogP contribution in [0, 0.1) is 19.8 Å². The Labute approximate surface area is 185 Å². The number of nitrogens with one attached hydrogen (secondary N) is 1. The van der Waals surface area contributed by atoms with Gasteiger partial charge in [-0.3, -0.25) is 4.98 Å². The van der Waals surface area contributed by atoms with Gasteiger partial charge >= 0.3 is 0 Å². The van der Waals surface area contributed by atoms with Crippen LogP contribution in [0.4, 0.5) is 5.82 Å². The summed E-state index contributed by atoms with van der Waals surface area (Å²) < 4.78 is 7.08. The third-order valence-electron chi connectivity index (χ3n) is 5.91. The first-order chi connectivity index (χ1) is 15.1. The summed E-state index contributed by atoms with van der Waals surface area (Å²) in [6.07, 6.45) is 6.87. The van der Waals surface area contributed by atoms with Crippen molar-refractivity contribution in [3.8, 4) is 5.75 Å². The summed E-state index contributed by atoms with van der Waals surface area (Å²) in [6, 6.07) is 8.17. The Morgan fingerprint density at radius 2 is 2.13 bits per heavy atom. The average molecular weight is 435 g/mol. The Kier molecular flexibility index (Phi) is 5.31. The molecule has 4 aromatic rings. The zero-order valence-corrected chi connectivity index (χ0v) is 18.8. The quantitative estimate of drug-likeness (QED) is 0.438. The van der Waals surface area contributed by atoms with Gasteiger partial charge in [0, 0.05) is 34.3 Å². The van der Waals surface area contributed by atoms with Crippen LogP contribution in [-0.4, -0.2) is 31.7 Å². The van der Waals surface area contributed by atoms with E-state index in [1.165, 1.54) is 17.0 Å². The average Bonchev–Trinajstić information content (AvgIpc) is 3.26. The lowest BCUT2D eigenvalue weighted by atomic mass is 10.1. The first-order valence-corrected chi connectivity index (χ1v) is 11.4. The molecule has 0 amide bonds. The minimum Gasteiger partial charge on any atom is -0.495 e. The van der Waals surface area contributed by atoms with Gasteiger partial charge < -0.3 is 10.1 Å². The number of fused-ring (bicyclic) bond motifs is 1. The standard InChI is InChI=1S/C23H26N6OS/c1-14-21(31-15(2)27-14)13-25-23-11-17(28-22-8-9-26-29(22)23)5-4-16-10-19(16)20-7-6-18(30-3)12-24-20/h6-9,11-12,16,19,25H,4-5,10,13H2,1-3H3/t16-,19-/m0/s1. The van der Waals surface area contributed by atoms with Gasteiger partial charge in [0.1, 0.15) is 11.6 Å². The van der Waals surface area contributed by atoms with E-state index in [-0.39, 0.29) is 0 Å². The van der Waals surface area contributed by atoms with Crippen molar-refractivity contribution in [2.75, 3.05) is 12.4 Å². The van der Waals surface area contributed by atoms with Gasteiger partial charge in [0.2, 0.25) is 0 Å². The Morgan fingerprint density at radius 3 is 2.87 bits per heavy atom. The summed E-state index contributed by atoms with van der Waals surface area (Å²) in [4.78, 5) is 15.1. The van der Waals surface area contributed by atoms with E-state index < -0.39 is 0 Å². The number of hydrogen-bond acceptors (Lipinski definition) is 7. The molecule has 0 radical (unpaired) electrons. The molecule has 0 bridgehead atoms. The number of ether oxygens (including phenoxy) is 1. The van der Waals surface area contributed by atoms with Crippen molar-refractivity contribution in [1.82, 2.24) is 24.6 Å². The van der Waals surface area contributed by atoms with Gasteiger partial charge in [-0.2, -0.15) is 9.61 Å². The van der Waals surface area contributed by atoms with Crippen LogP contribution < -0.4 is 10.1 Å². The zero-order valence-electron chi connectivity index (χ0n) is 18.0. The van der Waals surface area contributed by atoms with E-state index >= 15 is 0 Å². The fraction of sp³-hybridized carbons (Fsp3) is 0.391. The van der Waals surface area contributed by atoms with Gasteiger partial charge in [0.05, 0.1) is 36.7 Å². The van der Waals surface area contributed by atoms with Gasteiger partial charge in [0.25, 0.3) is 0 Å². The van der Waals surface area contributed by atoms with Gasteiger partial charge in [-0.1, -0.05) is 0 Å². The van der Waals surface area contributed by atoms with Gasteiger partial charge in [-0.05, 0) is 51.2 Å². The second kappa shape index (κ2) is 8.26.